The summed E-state index contributed by atoms with van der Waals surface area (Å²) >= 11 is 6.04. The first-order chi connectivity index (χ1) is 15.3. The van der Waals surface area contributed by atoms with E-state index < -0.39 is 28.8 Å². The molecule has 0 atom stereocenters. The van der Waals surface area contributed by atoms with Crippen LogP contribution in [0.15, 0.2) is 71.9 Å². The van der Waals surface area contributed by atoms with Crippen LogP contribution in [-0.2, 0) is 11.3 Å². The van der Waals surface area contributed by atoms with Crippen molar-refractivity contribution < 1.29 is 18.4 Å². The van der Waals surface area contributed by atoms with E-state index in [0.29, 0.717) is 11.6 Å². The van der Waals surface area contributed by atoms with E-state index in [0.717, 1.165) is 12.1 Å². The summed E-state index contributed by atoms with van der Waals surface area (Å²) in [5, 5.41) is 2.79. The molecule has 0 fully saturated rings. The molecule has 0 spiro atoms. The fourth-order valence-electron chi connectivity index (χ4n) is 3.26. The molecule has 0 bridgehead atoms. The van der Waals surface area contributed by atoms with Crippen molar-refractivity contribution in [2.24, 2.45) is 0 Å². The lowest BCUT2D eigenvalue weighted by atomic mass is 10.0. The van der Waals surface area contributed by atoms with E-state index in [2.05, 4.69) is 10.3 Å². The molecule has 0 radical (unpaired) electrons. The zero-order chi connectivity index (χ0) is 22.8. The van der Waals surface area contributed by atoms with Crippen LogP contribution in [0.3, 0.4) is 0 Å². The summed E-state index contributed by atoms with van der Waals surface area (Å²) in [6, 6.07) is 10.2. The maximum Gasteiger partial charge on any atom is 0.244 e. The smallest absolute Gasteiger partial charge is 0.244 e. The van der Waals surface area contributed by atoms with Crippen LogP contribution in [0.1, 0.15) is 15.9 Å². The maximum atomic E-state index is 13.9. The number of carbonyl (C=O) groups is 2. The molecule has 0 aliphatic carbocycles. The third-order valence-electron chi connectivity index (χ3n) is 4.75. The van der Waals surface area contributed by atoms with Crippen LogP contribution in [0.4, 0.5) is 14.5 Å². The number of hydrogen-bond donors (Lipinski definition) is 1. The van der Waals surface area contributed by atoms with Crippen LogP contribution in [-0.4, -0.2) is 21.2 Å². The topological polar surface area (TPSA) is 81.1 Å². The Balaban J connectivity index is 1.76. The van der Waals surface area contributed by atoms with Crippen molar-refractivity contribution in [3.63, 3.8) is 0 Å². The van der Waals surface area contributed by atoms with E-state index in [-0.39, 0.29) is 33.8 Å². The average Bonchev–Trinajstić information content (AvgIpc) is 2.78. The predicted octanol–water partition coefficient (Wildman–Crippen LogP) is 4.20. The summed E-state index contributed by atoms with van der Waals surface area (Å²) in [5.41, 5.74) is -0.279. The third kappa shape index (κ3) is 4.26. The Morgan fingerprint density at radius 2 is 1.78 bits per heavy atom. The number of anilines is 1. The Morgan fingerprint density at radius 1 is 1.03 bits per heavy atom. The second-order valence-electron chi connectivity index (χ2n) is 6.90. The number of nitrogens with zero attached hydrogens (tertiary/aromatic N) is 2. The quantitative estimate of drug-likeness (QED) is 0.459. The van der Waals surface area contributed by atoms with Crippen LogP contribution in [0.25, 0.3) is 10.9 Å². The Kier molecular flexibility index (Phi) is 5.79. The summed E-state index contributed by atoms with van der Waals surface area (Å²) in [4.78, 5) is 42.4. The molecule has 2 heterocycles. The first-order valence-corrected chi connectivity index (χ1v) is 9.73. The van der Waals surface area contributed by atoms with E-state index >= 15 is 0 Å². The standard InChI is InChI=1S/C23H14ClF2N3O3/c24-14-1-4-20-16(9-14)23(32)17(22(31)13-5-7-27-8-6-13)11-29(20)12-21(30)28-19-3-2-15(25)10-18(19)26/h1-11H,12H2,(H,28,30). The van der Waals surface area contributed by atoms with Crippen molar-refractivity contribution in [3.05, 3.63) is 105 Å². The van der Waals surface area contributed by atoms with Gasteiger partial charge >= 0.3 is 0 Å². The molecular weight excluding hydrogens is 440 g/mol. The number of amides is 1. The van der Waals surface area contributed by atoms with Gasteiger partial charge in [-0.3, -0.25) is 19.4 Å². The number of ketones is 1. The molecule has 4 rings (SSSR count). The van der Waals surface area contributed by atoms with Gasteiger partial charge in [-0.05, 0) is 42.5 Å². The summed E-state index contributed by atoms with van der Waals surface area (Å²) in [7, 11) is 0. The van der Waals surface area contributed by atoms with Crippen molar-refractivity contribution in [1.29, 1.82) is 0 Å². The Labute approximate surface area is 185 Å². The third-order valence-corrected chi connectivity index (χ3v) is 4.98. The maximum absolute atomic E-state index is 13.9. The molecule has 2 aromatic heterocycles. The number of benzene rings is 2. The van der Waals surface area contributed by atoms with E-state index in [1.165, 1.54) is 41.4 Å². The van der Waals surface area contributed by atoms with Gasteiger partial charge in [-0.1, -0.05) is 11.6 Å². The van der Waals surface area contributed by atoms with Gasteiger partial charge in [0.1, 0.15) is 18.2 Å². The molecule has 160 valence electrons. The van der Waals surface area contributed by atoms with E-state index in [1.807, 2.05) is 0 Å². The molecule has 6 nitrogen and oxygen atoms in total. The fraction of sp³-hybridized carbons (Fsp3) is 0.0435. The Morgan fingerprint density at radius 3 is 2.50 bits per heavy atom. The largest absolute Gasteiger partial charge is 0.337 e. The van der Waals surface area contributed by atoms with Crippen molar-refractivity contribution in [1.82, 2.24) is 9.55 Å². The summed E-state index contributed by atoms with van der Waals surface area (Å²) in [5.74, 6) is -2.89. The molecular formula is C23H14ClF2N3O3. The first kappa shape index (κ1) is 21.3. The minimum Gasteiger partial charge on any atom is -0.337 e. The number of nitrogens with one attached hydrogen (secondary N) is 1. The molecule has 1 amide bonds. The molecule has 0 aliphatic heterocycles. The van der Waals surface area contributed by atoms with Crippen LogP contribution in [0.2, 0.25) is 5.02 Å². The van der Waals surface area contributed by atoms with E-state index in [9.17, 15) is 23.2 Å². The monoisotopic (exact) mass is 453 g/mol. The average molecular weight is 454 g/mol. The molecule has 0 unspecified atom stereocenters. The fourth-order valence-corrected chi connectivity index (χ4v) is 3.43. The highest BCUT2D eigenvalue weighted by molar-refractivity contribution is 6.31. The molecule has 0 saturated carbocycles. The summed E-state index contributed by atoms with van der Waals surface area (Å²) in [6.45, 7) is -0.341. The molecule has 1 N–H and O–H groups in total. The van der Waals surface area contributed by atoms with E-state index in [1.54, 1.807) is 12.1 Å². The van der Waals surface area contributed by atoms with Gasteiger partial charge < -0.3 is 9.88 Å². The highest BCUT2D eigenvalue weighted by Crippen LogP contribution is 2.20. The number of aromatic nitrogens is 2. The van der Waals surface area contributed by atoms with Gasteiger partial charge in [-0.25, -0.2) is 8.78 Å². The first-order valence-electron chi connectivity index (χ1n) is 9.36. The minimum atomic E-state index is -0.927. The van der Waals surface area contributed by atoms with Crippen molar-refractivity contribution in [2.45, 2.75) is 6.54 Å². The van der Waals surface area contributed by atoms with Crippen molar-refractivity contribution in [2.75, 3.05) is 5.32 Å². The number of carbonyl (C=O) groups excluding carboxylic acids is 2. The number of fused-ring (bicyclic) bond motifs is 1. The molecule has 4 aromatic rings. The van der Waals surface area contributed by atoms with Gasteiger partial charge in [0, 0.05) is 40.6 Å². The van der Waals surface area contributed by atoms with Crippen LogP contribution in [0.5, 0.6) is 0 Å². The summed E-state index contributed by atoms with van der Waals surface area (Å²) in [6.07, 6.45) is 4.13. The molecule has 32 heavy (non-hydrogen) atoms. The highest BCUT2D eigenvalue weighted by atomic mass is 35.5. The zero-order valence-corrected chi connectivity index (χ0v) is 17.1. The predicted molar refractivity (Wildman–Crippen MR) is 116 cm³/mol. The van der Waals surface area contributed by atoms with Crippen molar-refractivity contribution in [3.8, 4) is 0 Å². The van der Waals surface area contributed by atoms with Gasteiger partial charge in [0.15, 0.2) is 5.78 Å². The van der Waals surface area contributed by atoms with E-state index in [4.69, 9.17) is 11.6 Å². The molecule has 9 heteroatoms. The minimum absolute atomic E-state index is 0.151. The van der Waals surface area contributed by atoms with Crippen molar-refractivity contribution >= 4 is 39.9 Å². The zero-order valence-electron chi connectivity index (χ0n) is 16.3. The molecule has 2 aromatic carbocycles. The van der Waals surface area contributed by atoms with Gasteiger partial charge in [0.25, 0.3) is 0 Å². The molecule has 0 saturated heterocycles. The van der Waals surface area contributed by atoms with Gasteiger partial charge in [-0.2, -0.15) is 0 Å². The summed E-state index contributed by atoms with van der Waals surface area (Å²) < 4.78 is 28.4. The number of pyridine rings is 2. The number of halogens is 3. The SMILES string of the molecule is O=C(Cn1cc(C(=O)c2ccncc2)c(=O)c2cc(Cl)ccc21)Nc1ccc(F)cc1F. The highest BCUT2D eigenvalue weighted by Gasteiger charge is 2.19. The second kappa shape index (κ2) is 8.68. The lowest BCUT2D eigenvalue weighted by molar-refractivity contribution is -0.116. The van der Waals surface area contributed by atoms with Gasteiger partial charge in [0.2, 0.25) is 11.3 Å². The number of rotatable bonds is 5. The van der Waals surface area contributed by atoms with Crippen LogP contribution in [0, 0.1) is 11.6 Å². The van der Waals surface area contributed by atoms with Gasteiger partial charge in [-0.15, -0.1) is 0 Å². The lowest BCUT2D eigenvalue weighted by Crippen LogP contribution is -2.24. The molecule has 0 aliphatic rings. The second-order valence-corrected chi connectivity index (χ2v) is 7.34. The number of hydrogen-bond acceptors (Lipinski definition) is 4. The lowest BCUT2D eigenvalue weighted by Gasteiger charge is -2.14. The normalized spacial score (nSPS) is 10.8. The Hall–Kier alpha value is -3.91. The van der Waals surface area contributed by atoms with Gasteiger partial charge in [0.05, 0.1) is 16.8 Å². The van der Waals surface area contributed by atoms with Crippen LogP contribution < -0.4 is 10.7 Å². The Bertz CT molecular complexity index is 1420. The van der Waals surface area contributed by atoms with Crippen LogP contribution >= 0.6 is 11.6 Å².